The van der Waals surface area contributed by atoms with Crippen LogP contribution in [0.2, 0.25) is 0 Å². The van der Waals surface area contributed by atoms with E-state index in [1.807, 2.05) is 0 Å². The second kappa shape index (κ2) is 6.72. The van der Waals surface area contributed by atoms with Gasteiger partial charge in [0.05, 0.1) is 6.61 Å². The minimum Gasteiger partial charge on any atom is -0.463 e. The van der Waals surface area contributed by atoms with Gasteiger partial charge in [-0.1, -0.05) is 20.3 Å². The van der Waals surface area contributed by atoms with Crippen molar-refractivity contribution in [3.8, 4) is 6.01 Å². The third kappa shape index (κ3) is 3.95. The first kappa shape index (κ1) is 14.8. The second-order valence-electron chi connectivity index (χ2n) is 5.47. The van der Waals surface area contributed by atoms with Gasteiger partial charge in [0.25, 0.3) is 0 Å². The normalized spacial score (nSPS) is 15.8. The van der Waals surface area contributed by atoms with Crippen LogP contribution in [-0.2, 0) is 0 Å². The van der Waals surface area contributed by atoms with Crippen molar-refractivity contribution in [2.24, 2.45) is 5.41 Å². The highest BCUT2D eigenvalue weighted by molar-refractivity contribution is 5.35. The fraction of sp³-hybridized carbons (Fsp3) is 0.786. The lowest BCUT2D eigenvalue weighted by Gasteiger charge is -2.15. The smallest absolute Gasteiger partial charge is 0.323 e. The van der Waals surface area contributed by atoms with E-state index in [4.69, 9.17) is 4.74 Å². The molecule has 2 rings (SSSR count). The molecule has 1 fully saturated rings. The van der Waals surface area contributed by atoms with Crippen molar-refractivity contribution < 1.29 is 4.74 Å². The SMILES string of the molecule is CCCOc1nc(NC)nc(NCC2(CCC)CC2)n1. The average molecular weight is 279 g/mol. The Kier molecular flexibility index (Phi) is 4.98. The monoisotopic (exact) mass is 279 g/mol. The molecule has 0 bridgehead atoms. The largest absolute Gasteiger partial charge is 0.463 e. The summed E-state index contributed by atoms with van der Waals surface area (Å²) in [5, 5.41) is 6.28. The number of rotatable bonds is 9. The molecule has 6 heteroatoms. The standard InChI is InChI=1S/C14H25N5O/c1-4-6-14(7-8-14)10-16-12-17-11(15-3)18-13(19-12)20-9-5-2/h4-10H2,1-3H3,(H2,15,16,17,18,19). The number of hydrogen-bond donors (Lipinski definition) is 2. The summed E-state index contributed by atoms with van der Waals surface area (Å²) in [5.41, 5.74) is 0.464. The molecule has 0 amide bonds. The number of ether oxygens (including phenoxy) is 1. The Balaban J connectivity index is 1.99. The lowest BCUT2D eigenvalue weighted by atomic mass is 10.0. The molecule has 112 valence electrons. The highest BCUT2D eigenvalue weighted by Gasteiger charge is 2.41. The van der Waals surface area contributed by atoms with Crippen LogP contribution in [0, 0.1) is 5.41 Å². The Morgan fingerprint density at radius 3 is 2.45 bits per heavy atom. The summed E-state index contributed by atoms with van der Waals surface area (Å²) in [5.74, 6) is 1.13. The molecule has 0 aromatic carbocycles. The van der Waals surface area contributed by atoms with Crippen LogP contribution in [0.15, 0.2) is 0 Å². The van der Waals surface area contributed by atoms with Crippen molar-refractivity contribution in [1.82, 2.24) is 15.0 Å². The molecular formula is C14H25N5O. The first-order valence-corrected chi connectivity index (χ1v) is 7.52. The minimum atomic E-state index is 0.383. The Hall–Kier alpha value is -1.59. The average Bonchev–Trinajstić information content (AvgIpc) is 3.23. The van der Waals surface area contributed by atoms with Gasteiger partial charge < -0.3 is 15.4 Å². The molecule has 1 aliphatic carbocycles. The Bertz CT molecular complexity index is 434. The first-order chi connectivity index (χ1) is 9.71. The van der Waals surface area contributed by atoms with E-state index in [2.05, 4.69) is 39.4 Å². The number of aromatic nitrogens is 3. The summed E-state index contributed by atoms with van der Waals surface area (Å²) in [4.78, 5) is 12.8. The summed E-state index contributed by atoms with van der Waals surface area (Å²) in [7, 11) is 1.79. The van der Waals surface area contributed by atoms with E-state index < -0.39 is 0 Å². The summed E-state index contributed by atoms with van der Waals surface area (Å²) >= 11 is 0. The topological polar surface area (TPSA) is 72.0 Å². The summed E-state index contributed by atoms with van der Waals surface area (Å²) in [6.07, 6.45) is 6.03. The molecule has 6 nitrogen and oxygen atoms in total. The lowest BCUT2D eigenvalue weighted by molar-refractivity contribution is 0.292. The molecule has 2 N–H and O–H groups in total. The molecule has 1 saturated carbocycles. The fourth-order valence-corrected chi connectivity index (χ4v) is 2.29. The van der Waals surface area contributed by atoms with Gasteiger partial charge in [-0.25, -0.2) is 0 Å². The summed E-state index contributed by atoms with van der Waals surface area (Å²) in [6, 6.07) is 0.383. The molecule has 1 aliphatic rings. The Morgan fingerprint density at radius 2 is 1.85 bits per heavy atom. The molecule has 0 spiro atoms. The highest BCUT2D eigenvalue weighted by Crippen LogP contribution is 2.49. The molecule has 0 unspecified atom stereocenters. The summed E-state index contributed by atoms with van der Waals surface area (Å²) in [6.45, 7) is 5.84. The highest BCUT2D eigenvalue weighted by atomic mass is 16.5. The van der Waals surface area contributed by atoms with Crippen LogP contribution in [-0.4, -0.2) is 35.2 Å². The van der Waals surface area contributed by atoms with Crippen LogP contribution in [0.25, 0.3) is 0 Å². The van der Waals surface area contributed by atoms with Crippen LogP contribution in [0.1, 0.15) is 46.0 Å². The number of nitrogens with one attached hydrogen (secondary N) is 2. The van der Waals surface area contributed by atoms with Gasteiger partial charge in [-0.3, -0.25) is 0 Å². The first-order valence-electron chi connectivity index (χ1n) is 7.52. The zero-order valence-electron chi connectivity index (χ0n) is 12.7. The van der Waals surface area contributed by atoms with Gasteiger partial charge >= 0.3 is 6.01 Å². The van der Waals surface area contributed by atoms with Gasteiger partial charge in [-0.05, 0) is 31.1 Å². The predicted octanol–water partition coefficient (Wildman–Crippen LogP) is 2.69. The maximum Gasteiger partial charge on any atom is 0.323 e. The van der Waals surface area contributed by atoms with Gasteiger partial charge in [0.2, 0.25) is 11.9 Å². The Morgan fingerprint density at radius 1 is 1.10 bits per heavy atom. The zero-order chi connectivity index (χ0) is 14.4. The van der Waals surface area contributed by atoms with E-state index in [0.29, 0.717) is 29.9 Å². The minimum absolute atomic E-state index is 0.383. The second-order valence-corrected chi connectivity index (χ2v) is 5.47. The van der Waals surface area contributed by atoms with Crippen molar-refractivity contribution >= 4 is 11.9 Å². The molecule has 0 saturated heterocycles. The van der Waals surface area contributed by atoms with Crippen molar-refractivity contribution in [2.45, 2.75) is 46.0 Å². The van der Waals surface area contributed by atoms with E-state index >= 15 is 0 Å². The van der Waals surface area contributed by atoms with E-state index in [1.165, 1.54) is 25.7 Å². The van der Waals surface area contributed by atoms with Crippen LogP contribution in [0.5, 0.6) is 6.01 Å². The molecule has 0 atom stereocenters. The van der Waals surface area contributed by atoms with Gasteiger partial charge in [0, 0.05) is 13.6 Å². The molecular weight excluding hydrogens is 254 g/mol. The van der Waals surface area contributed by atoms with E-state index in [1.54, 1.807) is 7.05 Å². The van der Waals surface area contributed by atoms with Crippen molar-refractivity contribution in [1.29, 1.82) is 0 Å². The molecule has 1 aromatic heterocycles. The van der Waals surface area contributed by atoms with Crippen molar-refractivity contribution in [3.05, 3.63) is 0 Å². The van der Waals surface area contributed by atoms with Crippen LogP contribution in [0.3, 0.4) is 0 Å². The Labute approximate surface area is 120 Å². The lowest BCUT2D eigenvalue weighted by Crippen LogP contribution is -2.18. The zero-order valence-corrected chi connectivity index (χ0v) is 12.7. The molecule has 20 heavy (non-hydrogen) atoms. The fourth-order valence-electron chi connectivity index (χ4n) is 2.29. The molecule has 0 radical (unpaired) electrons. The van der Waals surface area contributed by atoms with Crippen LogP contribution in [0.4, 0.5) is 11.9 Å². The molecule has 0 aliphatic heterocycles. The maximum atomic E-state index is 5.49. The number of hydrogen-bond acceptors (Lipinski definition) is 6. The third-order valence-electron chi connectivity index (χ3n) is 3.63. The van der Waals surface area contributed by atoms with Crippen molar-refractivity contribution in [2.75, 3.05) is 30.8 Å². The number of nitrogens with zero attached hydrogens (tertiary/aromatic N) is 3. The maximum absolute atomic E-state index is 5.49. The van der Waals surface area contributed by atoms with Crippen LogP contribution < -0.4 is 15.4 Å². The van der Waals surface area contributed by atoms with Gasteiger partial charge in [0.15, 0.2) is 0 Å². The predicted molar refractivity (Wildman–Crippen MR) is 80.2 cm³/mol. The number of anilines is 2. The van der Waals surface area contributed by atoms with E-state index in [9.17, 15) is 0 Å². The molecule has 1 heterocycles. The molecule has 1 aromatic rings. The van der Waals surface area contributed by atoms with Crippen LogP contribution >= 0.6 is 0 Å². The van der Waals surface area contributed by atoms with E-state index in [-0.39, 0.29) is 0 Å². The third-order valence-corrected chi connectivity index (χ3v) is 3.63. The van der Waals surface area contributed by atoms with E-state index in [0.717, 1.165) is 13.0 Å². The van der Waals surface area contributed by atoms with Gasteiger partial charge in [-0.2, -0.15) is 15.0 Å². The quantitative estimate of drug-likeness (QED) is 0.724. The van der Waals surface area contributed by atoms with Crippen molar-refractivity contribution in [3.63, 3.8) is 0 Å². The van der Waals surface area contributed by atoms with Gasteiger partial charge in [-0.15, -0.1) is 0 Å². The summed E-state index contributed by atoms with van der Waals surface area (Å²) < 4.78 is 5.49. The van der Waals surface area contributed by atoms with Gasteiger partial charge in [0.1, 0.15) is 0 Å².